The van der Waals surface area contributed by atoms with Crippen molar-refractivity contribution in [3.63, 3.8) is 0 Å². The first-order chi connectivity index (χ1) is 32.2. The number of para-hydroxylation sites is 2. The van der Waals surface area contributed by atoms with Crippen LogP contribution in [-0.4, -0.2) is 0 Å². The first kappa shape index (κ1) is 38.4. The molecule has 12 aromatic rings. The van der Waals surface area contributed by atoms with E-state index in [4.69, 9.17) is 0 Å². The van der Waals surface area contributed by atoms with Crippen LogP contribution >= 0.6 is 11.3 Å². The van der Waals surface area contributed by atoms with Gasteiger partial charge in [0.05, 0.1) is 11.4 Å². The highest BCUT2D eigenvalue weighted by molar-refractivity contribution is 7.26. The molecule has 0 aliphatic rings. The van der Waals surface area contributed by atoms with Gasteiger partial charge >= 0.3 is 0 Å². The predicted molar refractivity (Wildman–Crippen MR) is 280 cm³/mol. The van der Waals surface area contributed by atoms with Crippen molar-refractivity contribution in [2.45, 2.75) is 0 Å². The average Bonchev–Trinajstić information content (AvgIpc) is 3.77. The lowest BCUT2D eigenvalue weighted by Gasteiger charge is -2.27. The smallest absolute Gasteiger partial charge is 0.0540 e. The summed E-state index contributed by atoms with van der Waals surface area (Å²) in [5, 5.41) is 7.47. The summed E-state index contributed by atoms with van der Waals surface area (Å²) in [6.07, 6.45) is 0. The molecule has 0 bridgehead atoms. The van der Waals surface area contributed by atoms with Crippen molar-refractivity contribution in [3.05, 3.63) is 255 Å². The summed E-state index contributed by atoms with van der Waals surface area (Å²) >= 11 is 1.88. The molecule has 306 valence electrons. The van der Waals surface area contributed by atoms with Crippen LogP contribution in [-0.2, 0) is 0 Å². The van der Waals surface area contributed by atoms with Gasteiger partial charge in [0, 0.05) is 53.7 Å². The van der Waals surface area contributed by atoms with Crippen LogP contribution in [0, 0.1) is 0 Å². The SMILES string of the molecule is c1ccc(N(c2ccc(-c3cc(-c4ccc(N(c5ccccc5)c5cccc6ccccc56)cc4)cc(-c4cccc5c4sc4ccccc45)c3)cc2)c2cccc3ccccc23)cc1. The molecular weight excluding hydrogens is 805 g/mol. The molecule has 1 aromatic heterocycles. The third-order valence-electron chi connectivity index (χ3n) is 12.6. The number of nitrogens with zero attached hydrogens (tertiary/aromatic N) is 2. The number of rotatable bonds is 9. The largest absolute Gasteiger partial charge is 0.310 e. The summed E-state index contributed by atoms with van der Waals surface area (Å²) in [5.74, 6) is 0. The molecule has 0 saturated heterocycles. The molecule has 11 aromatic carbocycles. The van der Waals surface area contributed by atoms with Crippen LogP contribution in [0.1, 0.15) is 0 Å². The summed E-state index contributed by atoms with van der Waals surface area (Å²) in [6.45, 7) is 0. The second kappa shape index (κ2) is 16.5. The maximum Gasteiger partial charge on any atom is 0.0540 e. The fraction of sp³-hybridized carbons (Fsp3) is 0. The van der Waals surface area contributed by atoms with Crippen molar-refractivity contribution in [3.8, 4) is 33.4 Å². The van der Waals surface area contributed by atoms with Crippen LogP contribution in [0.25, 0.3) is 75.1 Å². The van der Waals surface area contributed by atoms with Crippen molar-refractivity contribution in [1.82, 2.24) is 0 Å². The van der Waals surface area contributed by atoms with E-state index in [1.54, 1.807) is 0 Å². The van der Waals surface area contributed by atoms with Crippen LogP contribution in [0.4, 0.5) is 34.1 Å². The van der Waals surface area contributed by atoms with E-state index in [9.17, 15) is 0 Å². The Kier molecular flexibility index (Phi) is 9.74. The Balaban J connectivity index is 0.991. The summed E-state index contributed by atoms with van der Waals surface area (Å²) in [6, 6.07) is 92.6. The molecular formula is C62H42N2S. The summed E-state index contributed by atoms with van der Waals surface area (Å²) in [7, 11) is 0. The van der Waals surface area contributed by atoms with Gasteiger partial charge < -0.3 is 9.80 Å². The lowest BCUT2D eigenvalue weighted by Crippen LogP contribution is -2.10. The predicted octanol–water partition coefficient (Wildman–Crippen LogP) is 18.3. The molecule has 0 radical (unpaired) electrons. The molecule has 0 spiro atoms. The number of fused-ring (bicyclic) bond motifs is 5. The second-order valence-electron chi connectivity index (χ2n) is 16.5. The maximum atomic E-state index is 2.38. The summed E-state index contributed by atoms with van der Waals surface area (Å²) < 4.78 is 2.62. The van der Waals surface area contributed by atoms with Crippen LogP contribution < -0.4 is 9.80 Å². The van der Waals surface area contributed by atoms with Gasteiger partial charge in [-0.2, -0.15) is 0 Å². The molecule has 3 heteroatoms. The number of thiophene rings is 1. The molecule has 65 heavy (non-hydrogen) atoms. The highest BCUT2D eigenvalue weighted by atomic mass is 32.1. The fourth-order valence-electron chi connectivity index (χ4n) is 9.51. The number of hydrogen-bond acceptors (Lipinski definition) is 3. The van der Waals surface area contributed by atoms with Gasteiger partial charge in [-0.1, -0.05) is 170 Å². The molecule has 0 aliphatic carbocycles. The Morgan fingerprint density at radius 3 is 1.20 bits per heavy atom. The van der Waals surface area contributed by atoms with Crippen molar-refractivity contribution in [2.24, 2.45) is 0 Å². The molecule has 0 amide bonds. The first-order valence-corrected chi connectivity index (χ1v) is 23.0. The van der Waals surface area contributed by atoms with E-state index in [0.29, 0.717) is 0 Å². The summed E-state index contributed by atoms with van der Waals surface area (Å²) in [4.78, 5) is 4.74. The minimum atomic E-state index is 1.10. The van der Waals surface area contributed by atoms with E-state index in [1.165, 1.54) is 64.0 Å². The van der Waals surface area contributed by atoms with E-state index in [2.05, 4.69) is 265 Å². The summed E-state index contributed by atoms with van der Waals surface area (Å²) in [5.41, 5.74) is 13.9. The van der Waals surface area contributed by atoms with Gasteiger partial charge in [-0.05, 0) is 129 Å². The van der Waals surface area contributed by atoms with Crippen molar-refractivity contribution in [2.75, 3.05) is 9.80 Å². The van der Waals surface area contributed by atoms with Crippen LogP contribution in [0.3, 0.4) is 0 Å². The van der Waals surface area contributed by atoms with Crippen molar-refractivity contribution < 1.29 is 0 Å². The zero-order valence-electron chi connectivity index (χ0n) is 35.6. The zero-order chi connectivity index (χ0) is 43.1. The lowest BCUT2D eigenvalue weighted by atomic mass is 9.92. The molecule has 0 saturated carbocycles. The van der Waals surface area contributed by atoms with Gasteiger partial charge in [0.2, 0.25) is 0 Å². The quantitative estimate of drug-likeness (QED) is 0.143. The average molecular weight is 847 g/mol. The molecule has 0 N–H and O–H groups in total. The highest BCUT2D eigenvalue weighted by Crippen LogP contribution is 2.45. The van der Waals surface area contributed by atoms with Gasteiger partial charge in [0.25, 0.3) is 0 Å². The number of anilines is 6. The van der Waals surface area contributed by atoms with E-state index >= 15 is 0 Å². The molecule has 0 aliphatic heterocycles. The van der Waals surface area contributed by atoms with Crippen LogP contribution in [0.2, 0.25) is 0 Å². The van der Waals surface area contributed by atoms with Gasteiger partial charge in [0.1, 0.15) is 0 Å². The minimum absolute atomic E-state index is 1.10. The van der Waals surface area contributed by atoms with Gasteiger partial charge in [0.15, 0.2) is 0 Å². The minimum Gasteiger partial charge on any atom is -0.310 e. The van der Waals surface area contributed by atoms with Gasteiger partial charge in [-0.25, -0.2) is 0 Å². The monoisotopic (exact) mass is 846 g/mol. The lowest BCUT2D eigenvalue weighted by molar-refractivity contribution is 1.30. The maximum absolute atomic E-state index is 2.38. The Hall–Kier alpha value is -8.24. The second-order valence-corrected chi connectivity index (χ2v) is 17.6. The molecule has 12 rings (SSSR count). The third-order valence-corrected chi connectivity index (χ3v) is 13.8. The van der Waals surface area contributed by atoms with Crippen LogP contribution in [0.5, 0.6) is 0 Å². The number of hydrogen-bond donors (Lipinski definition) is 0. The number of benzene rings is 11. The third kappa shape index (κ3) is 7.09. The Bertz CT molecular complexity index is 3460. The molecule has 0 atom stereocenters. The Morgan fingerprint density at radius 1 is 0.262 bits per heavy atom. The molecule has 1 heterocycles. The molecule has 0 unspecified atom stereocenters. The van der Waals surface area contributed by atoms with E-state index < -0.39 is 0 Å². The highest BCUT2D eigenvalue weighted by Gasteiger charge is 2.19. The van der Waals surface area contributed by atoms with E-state index in [1.807, 2.05) is 11.3 Å². The standard InChI is InChI=1S/C62H42N2S/c1-3-20-50(21-4-1)63(59-29-13-18-45-16-7-9-24-54(45)59)52-36-32-43(33-37-52)47-40-48(42-49(41-47)56-27-15-28-58-57-26-11-12-31-61(57)65-62(56)58)44-34-38-53(39-35-44)64(51-22-5-2-6-23-51)60-30-14-19-46-17-8-10-25-55(46)60/h1-42H. The zero-order valence-corrected chi connectivity index (χ0v) is 36.4. The van der Waals surface area contributed by atoms with Crippen LogP contribution in [0.15, 0.2) is 255 Å². The molecule has 0 fully saturated rings. The normalized spacial score (nSPS) is 11.4. The Morgan fingerprint density at radius 2 is 0.662 bits per heavy atom. The van der Waals surface area contributed by atoms with Gasteiger partial charge in [-0.15, -0.1) is 11.3 Å². The van der Waals surface area contributed by atoms with Crippen molar-refractivity contribution in [1.29, 1.82) is 0 Å². The van der Waals surface area contributed by atoms with E-state index in [-0.39, 0.29) is 0 Å². The fourth-order valence-corrected chi connectivity index (χ4v) is 10.8. The molecule has 2 nitrogen and oxygen atoms in total. The van der Waals surface area contributed by atoms with Gasteiger partial charge in [-0.3, -0.25) is 0 Å². The Labute approximate surface area is 383 Å². The van der Waals surface area contributed by atoms with E-state index in [0.717, 1.165) is 45.3 Å². The first-order valence-electron chi connectivity index (χ1n) is 22.2. The van der Waals surface area contributed by atoms with Crippen molar-refractivity contribution >= 4 is 87.2 Å². The topological polar surface area (TPSA) is 6.48 Å².